The van der Waals surface area contributed by atoms with E-state index in [0.29, 0.717) is 16.9 Å². The van der Waals surface area contributed by atoms with E-state index in [4.69, 9.17) is 0 Å². The molecule has 0 spiro atoms. The number of fused-ring (bicyclic) bond motifs is 1. The number of carbonyl (C=O) groups is 1. The summed E-state index contributed by atoms with van der Waals surface area (Å²) in [6.45, 7) is 2.98. The Hall–Kier alpha value is -2.04. The highest BCUT2D eigenvalue weighted by atomic mass is 16.4. The van der Waals surface area contributed by atoms with E-state index in [2.05, 4.69) is 17.2 Å². The molecular formula is C14H17N3O2. The molecule has 0 bridgehead atoms. The molecule has 5 heteroatoms. The quantitative estimate of drug-likeness (QED) is 0.866. The molecule has 0 atom stereocenters. The van der Waals surface area contributed by atoms with Crippen molar-refractivity contribution < 1.29 is 9.90 Å². The maximum atomic E-state index is 11.4. The highest BCUT2D eigenvalue weighted by Gasteiger charge is 2.40. The number of hydrogen-bond acceptors (Lipinski definition) is 3. The fraction of sp³-hybridized carbons (Fsp3) is 0.429. The average molecular weight is 259 g/mol. The van der Waals surface area contributed by atoms with Crippen molar-refractivity contribution in [3.05, 3.63) is 30.1 Å². The number of pyridine rings is 1. The van der Waals surface area contributed by atoms with E-state index >= 15 is 0 Å². The molecule has 19 heavy (non-hydrogen) atoms. The standard InChI is InChI=1S/C14H17N3O2/c1-2-14(6-7-14)9-15-12-11(13(18)19)17-8-4-3-5-10(17)16-12/h3-5,8,15H,2,6-7,9H2,1H3,(H,18,19). The van der Waals surface area contributed by atoms with Gasteiger partial charge in [-0.1, -0.05) is 13.0 Å². The highest BCUT2D eigenvalue weighted by Crippen LogP contribution is 2.48. The second-order valence-corrected chi connectivity index (χ2v) is 5.25. The topological polar surface area (TPSA) is 66.6 Å². The van der Waals surface area contributed by atoms with Gasteiger partial charge in [-0.3, -0.25) is 4.40 Å². The van der Waals surface area contributed by atoms with E-state index in [1.165, 1.54) is 12.8 Å². The number of anilines is 1. The Morgan fingerprint density at radius 3 is 2.95 bits per heavy atom. The minimum absolute atomic E-state index is 0.211. The average Bonchev–Trinajstić information content (AvgIpc) is 3.09. The van der Waals surface area contributed by atoms with Gasteiger partial charge in [-0.05, 0) is 36.8 Å². The molecule has 2 N–H and O–H groups in total. The molecule has 5 nitrogen and oxygen atoms in total. The summed E-state index contributed by atoms with van der Waals surface area (Å²) in [5.74, 6) is -0.485. The maximum absolute atomic E-state index is 11.4. The van der Waals surface area contributed by atoms with Gasteiger partial charge < -0.3 is 10.4 Å². The summed E-state index contributed by atoms with van der Waals surface area (Å²) in [5.41, 5.74) is 1.22. The Morgan fingerprint density at radius 2 is 2.32 bits per heavy atom. The van der Waals surface area contributed by atoms with E-state index in [9.17, 15) is 9.90 Å². The molecule has 1 aliphatic carbocycles. The first-order valence-electron chi connectivity index (χ1n) is 6.59. The molecule has 1 saturated carbocycles. The van der Waals surface area contributed by atoms with Gasteiger partial charge in [-0.15, -0.1) is 0 Å². The number of hydrogen-bond donors (Lipinski definition) is 2. The summed E-state index contributed by atoms with van der Waals surface area (Å²) in [7, 11) is 0. The van der Waals surface area contributed by atoms with Crippen LogP contribution in [0.5, 0.6) is 0 Å². The zero-order chi connectivity index (χ0) is 13.5. The summed E-state index contributed by atoms with van der Waals surface area (Å²) in [4.78, 5) is 15.8. The van der Waals surface area contributed by atoms with Gasteiger partial charge in [0.1, 0.15) is 5.65 Å². The molecule has 2 aromatic rings. The van der Waals surface area contributed by atoms with Crippen LogP contribution in [-0.2, 0) is 0 Å². The zero-order valence-electron chi connectivity index (χ0n) is 10.9. The monoisotopic (exact) mass is 259 g/mol. The number of imidazole rings is 1. The Balaban J connectivity index is 1.93. The van der Waals surface area contributed by atoms with Crippen molar-refractivity contribution in [3.8, 4) is 0 Å². The van der Waals surface area contributed by atoms with Crippen molar-refractivity contribution in [2.75, 3.05) is 11.9 Å². The summed E-state index contributed by atoms with van der Waals surface area (Å²) in [5, 5.41) is 12.6. The maximum Gasteiger partial charge on any atom is 0.356 e. The van der Waals surface area contributed by atoms with E-state index in [1.807, 2.05) is 12.1 Å². The summed E-state index contributed by atoms with van der Waals surface area (Å²) in [6.07, 6.45) is 5.28. The molecule has 0 amide bonds. The van der Waals surface area contributed by atoms with Gasteiger partial charge >= 0.3 is 5.97 Å². The van der Waals surface area contributed by atoms with Crippen molar-refractivity contribution in [2.45, 2.75) is 26.2 Å². The third kappa shape index (κ3) is 2.05. The Labute approximate surface area is 111 Å². The lowest BCUT2D eigenvalue weighted by atomic mass is 10.0. The normalized spacial score (nSPS) is 16.5. The van der Waals surface area contributed by atoms with Crippen LogP contribution in [-0.4, -0.2) is 27.0 Å². The number of carboxylic acid groups (broad SMARTS) is 1. The van der Waals surface area contributed by atoms with Crippen LogP contribution in [0, 0.1) is 5.41 Å². The molecule has 1 fully saturated rings. The van der Waals surface area contributed by atoms with E-state index in [-0.39, 0.29) is 5.69 Å². The van der Waals surface area contributed by atoms with Crippen LogP contribution in [0.4, 0.5) is 5.82 Å². The smallest absolute Gasteiger partial charge is 0.356 e. The van der Waals surface area contributed by atoms with Gasteiger partial charge in [-0.25, -0.2) is 9.78 Å². The lowest BCUT2D eigenvalue weighted by Crippen LogP contribution is -2.16. The first-order chi connectivity index (χ1) is 9.15. The fourth-order valence-electron chi connectivity index (χ4n) is 2.43. The molecule has 0 unspecified atom stereocenters. The van der Waals surface area contributed by atoms with E-state index < -0.39 is 5.97 Å². The predicted octanol–water partition coefficient (Wildman–Crippen LogP) is 2.63. The second-order valence-electron chi connectivity index (χ2n) is 5.25. The number of nitrogens with one attached hydrogen (secondary N) is 1. The minimum atomic E-state index is -0.956. The van der Waals surface area contributed by atoms with Crippen LogP contribution in [0.25, 0.3) is 5.65 Å². The van der Waals surface area contributed by atoms with Crippen LogP contribution < -0.4 is 5.32 Å². The number of nitrogens with zero attached hydrogens (tertiary/aromatic N) is 2. The third-order valence-electron chi connectivity index (χ3n) is 4.07. The van der Waals surface area contributed by atoms with Gasteiger partial charge in [0.25, 0.3) is 0 Å². The summed E-state index contributed by atoms with van der Waals surface area (Å²) in [6, 6.07) is 5.47. The molecule has 2 heterocycles. The molecule has 100 valence electrons. The van der Waals surface area contributed by atoms with Gasteiger partial charge in [0.2, 0.25) is 0 Å². The predicted molar refractivity (Wildman–Crippen MR) is 72.6 cm³/mol. The fourth-order valence-corrected chi connectivity index (χ4v) is 2.43. The van der Waals surface area contributed by atoms with Crippen molar-refractivity contribution in [3.63, 3.8) is 0 Å². The van der Waals surface area contributed by atoms with Crippen LogP contribution in [0.15, 0.2) is 24.4 Å². The van der Waals surface area contributed by atoms with Gasteiger partial charge in [-0.2, -0.15) is 0 Å². The van der Waals surface area contributed by atoms with Crippen LogP contribution in [0.3, 0.4) is 0 Å². The van der Waals surface area contributed by atoms with Crippen molar-refractivity contribution in [1.82, 2.24) is 9.38 Å². The lowest BCUT2D eigenvalue weighted by Gasteiger charge is -2.13. The van der Waals surface area contributed by atoms with E-state index in [0.717, 1.165) is 13.0 Å². The molecule has 0 aromatic carbocycles. The zero-order valence-corrected chi connectivity index (χ0v) is 10.9. The first-order valence-corrected chi connectivity index (χ1v) is 6.59. The molecule has 0 aliphatic heterocycles. The van der Waals surface area contributed by atoms with Crippen LogP contribution in [0.2, 0.25) is 0 Å². The van der Waals surface area contributed by atoms with Gasteiger partial charge in [0.05, 0.1) is 0 Å². The third-order valence-corrected chi connectivity index (χ3v) is 4.07. The summed E-state index contributed by atoms with van der Waals surface area (Å²) >= 11 is 0. The largest absolute Gasteiger partial charge is 0.476 e. The molecule has 0 radical (unpaired) electrons. The SMILES string of the molecule is CCC1(CNc2nc3ccccn3c2C(=O)O)CC1. The number of aromatic carboxylic acids is 1. The van der Waals surface area contributed by atoms with Gasteiger partial charge in [0.15, 0.2) is 11.5 Å². The van der Waals surface area contributed by atoms with Gasteiger partial charge in [0, 0.05) is 12.7 Å². The molecular weight excluding hydrogens is 242 g/mol. The number of rotatable bonds is 5. The molecule has 2 aromatic heterocycles. The Bertz CT molecular complexity index is 629. The van der Waals surface area contributed by atoms with Crippen molar-refractivity contribution in [2.24, 2.45) is 5.41 Å². The number of carboxylic acids is 1. The molecule has 0 saturated heterocycles. The minimum Gasteiger partial charge on any atom is -0.476 e. The molecule has 3 rings (SSSR count). The number of aromatic nitrogens is 2. The second kappa shape index (κ2) is 4.26. The van der Waals surface area contributed by atoms with Crippen molar-refractivity contribution in [1.29, 1.82) is 0 Å². The summed E-state index contributed by atoms with van der Waals surface area (Å²) < 4.78 is 1.61. The lowest BCUT2D eigenvalue weighted by molar-refractivity contribution is 0.0690. The van der Waals surface area contributed by atoms with Crippen LogP contribution in [0.1, 0.15) is 36.7 Å². The Kier molecular flexibility index (Phi) is 2.69. The Morgan fingerprint density at radius 1 is 1.53 bits per heavy atom. The first kappa shape index (κ1) is 12.0. The van der Waals surface area contributed by atoms with E-state index in [1.54, 1.807) is 16.7 Å². The van der Waals surface area contributed by atoms with Crippen LogP contribution >= 0.6 is 0 Å². The van der Waals surface area contributed by atoms with Crippen molar-refractivity contribution >= 4 is 17.4 Å². The molecule has 1 aliphatic rings. The highest BCUT2D eigenvalue weighted by molar-refractivity contribution is 5.92.